The standard InChI is InChI=1S/C26H35N3O/c1-17-24(18(2)29(28-17)23-7-5-4-6-8-23)9-10-25(30)27-19(3)26-14-20-11-21(15-26)13-22(12-20)16-26/h4-8,19-22H,9-16H2,1-3H3,(H,27,30). The Bertz CT molecular complexity index is 894. The van der Waals surface area contributed by atoms with Gasteiger partial charge in [-0.05, 0) is 107 Å². The molecule has 6 rings (SSSR count). The predicted octanol–water partition coefficient (Wildman–Crippen LogP) is 5.14. The van der Waals surface area contributed by atoms with E-state index in [1.807, 2.05) is 22.9 Å². The molecule has 0 radical (unpaired) electrons. The zero-order valence-corrected chi connectivity index (χ0v) is 18.7. The predicted molar refractivity (Wildman–Crippen MR) is 120 cm³/mol. The van der Waals surface area contributed by atoms with Gasteiger partial charge in [0.25, 0.3) is 0 Å². The monoisotopic (exact) mass is 405 g/mol. The van der Waals surface area contributed by atoms with Gasteiger partial charge in [-0.2, -0.15) is 5.10 Å². The summed E-state index contributed by atoms with van der Waals surface area (Å²) in [6, 6.07) is 10.5. The summed E-state index contributed by atoms with van der Waals surface area (Å²) < 4.78 is 2.00. The lowest BCUT2D eigenvalue weighted by Crippen LogP contribution is -2.55. The van der Waals surface area contributed by atoms with Crippen LogP contribution >= 0.6 is 0 Å². The molecule has 1 aromatic carbocycles. The van der Waals surface area contributed by atoms with Gasteiger partial charge in [0, 0.05) is 18.2 Å². The number of rotatable bonds is 6. The Morgan fingerprint density at radius 3 is 2.30 bits per heavy atom. The van der Waals surface area contributed by atoms with Crippen LogP contribution in [0.25, 0.3) is 5.69 Å². The summed E-state index contributed by atoms with van der Waals surface area (Å²) >= 11 is 0. The first-order chi connectivity index (χ1) is 14.4. The third-order valence-electron chi connectivity index (χ3n) is 8.43. The molecule has 4 fully saturated rings. The molecule has 4 saturated carbocycles. The van der Waals surface area contributed by atoms with E-state index in [4.69, 9.17) is 5.10 Å². The molecule has 0 saturated heterocycles. The molecule has 1 heterocycles. The SMILES string of the molecule is Cc1nn(-c2ccccc2)c(C)c1CCC(=O)NC(C)C12CC3CC(CC(C3)C1)C2. The molecule has 4 bridgehead atoms. The van der Waals surface area contributed by atoms with Gasteiger partial charge in [-0.15, -0.1) is 0 Å². The Balaban J connectivity index is 1.22. The zero-order valence-electron chi connectivity index (χ0n) is 18.7. The van der Waals surface area contributed by atoms with Gasteiger partial charge in [0.2, 0.25) is 5.91 Å². The van der Waals surface area contributed by atoms with Crippen molar-refractivity contribution < 1.29 is 4.79 Å². The second-order valence-electron chi connectivity index (χ2n) is 10.5. The fourth-order valence-corrected chi connectivity index (χ4v) is 7.27. The first-order valence-corrected chi connectivity index (χ1v) is 11.8. The molecular weight excluding hydrogens is 370 g/mol. The summed E-state index contributed by atoms with van der Waals surface area (Å²) in [5.74, 6) is 2.96. The van der Waals surface area contributed by atoms with Crippen LogP contribution in [0.3, 0.4) is 0 Å². The molecule has 2 aromatic rings. The molecule has 4 heteroatoms. The largest absolute Gasteiger partial charge is 0.353 e. The van der Waals surface area contributed by atoms with Crippen molar-refractivity contribution in [3.63, 3.8) is 0 Å². The number of aromatic nitrogens is 2. The van der Waals surface area contributed by atoms with Crippen molar-refractivity contribution in [2.75, 3.05) is 0 Å². The minimum Gasteiger partial charge on any atom is -0.353 e. The molecule has 1 amide bonds. The quantitative estimate of drug-likeness (QED) is 0.723. The minimum absolute atomic E-state index is 0.199. The van der Waals surface area contributed by atoms with Crippen molar-refractivity contribution in [2.45, 2.75) is 78.2 Å². The summed E-state index contributed by atoms with van der Waals surface area (Å²) in [5.41, 5.74) is 4.81. The van der Waals surface area contributed by atoms with Gasteiger partial charge in [-0.25, -0.2) is 4.68 Å². The molecule has 4 nitrogen and oxygen atoms in total. The maximum absolute atomic E-state index is 12.9. The molecular formula is C26H35N3O. The summed E-state index contributed by atoms with van der Waals surface area (Å²) in [7, 11) is 0. The van der Waals surface area contributed by atoms with Crippen LogP contribution < -0.4 is 5.32 Å². The minimum atomic E-state index is 0.199. The average Bonchev–Trinajstić information content (AvgIpc) is 2.99. The van der Waals surface area contributed by atoms with Gasteiger partial charge >= 0.3 is 0 Å². The Morgan fingerprint density at radius 2 is 1.70 bits per heavy atom. The van der Waals surface area contributed by atoms with Crippen LogP contribution in [-0.4, -0.2) is 21.7 Å². The number of hydrogen-bond donors (Lipinski definition) is 1. The van der Waals surface area contributed by atoms with Crippen LogP contribution in [-0.2, 0) is 11.2 Å². The number of amides is 1. The maximum atomic E-state index is 12.9. The molecule has 4 aliphatic rings. The first-order valence-electron chi connectivity index (χ1n) is 11.8. The molecule has 1 unspecified atom stereocenters. The Morgan fingerprint density at radius 1 is 1.10 bits per heavy atom. The Labute approximate surface area is 180 Å². The maximum Gasteiger partial charge on any atom is 0.220 e. The number of carbonyl (C=O) groups is 1. The van der Waals surface area contributed by atoms with E-state index < -0.39 is 0 Å². The number of hydrogen-bond acceptors (Lipinski definition) is 2. The van der Waals surface area contributed by atoms with Crippen molar-refractivity contribution in [2.24, 2.45) is 23.2 Å². The van der Waals surface area contributed by atoms with Crippen molar-refractivity contribution in [1.29, 1.82) is 0 Å². The molecule has 1 aromatic heterocycles. The second kappa shape index (κ2) is 7.55. The number of para-hydroxylation sites is 1. The van der Waals surface area contributed by atoms with Crippen molar-refractivity contribution in [3.05, 3.63) is 47.3 Å². The molecule has 30 heavy (non-hydrogen) atoms. The van der Waals surface area contributed by atoms with E-state index in [1.54, 1.807) is 0 Å². The van der Waals surface area contributed by atoms with E-state index in [1.165, 1.54) is 44.1 Å². The summed E-state index contributed by atoms with van der Waals surface area (Å²) in [6.07, 6.45) is 9.65. The number of nitrogens with one attached hydrogen (secondary N) is 1. The lowest BCUT2D eigenvalue weighted by atomic mass is 9.48. The van der Waals surface area contributed by atoms with Gasteiger partial charge in [-0.3, -0.25) is 4.79 Å². The lowest BCUT2D eigenvalue weighted by molar-refractivity contribution is -0.125. The fraction of sp³-hybridized carbons (Fsp3) is 0.615. The smallest absolute Gasteiger partial charge is 0.220 e. The van der Waals surface area contributed by atoms with E-state index in [2.05, 4.69) is 38.2 Å². The van der Waals surface area contributed by atoms with Crippen LogP contribution in [0, 0.1) is 37.0 Å². The molecule has 1 N–H and O–H groups in total. The van der Waals surface area contributed by atoms with Crippen LogP contribution in [0.4, 0.5) is 0 Å². The highest BCUT2D eigenvalue weighted by atomic mass is 16.1. The molecule has 160 valence electrons. The second-order valence-corrected chi connectivity index (χ2v) is 10.5. The van der Waals surface area contributed by atoms with Gasteiger partial charge in [0.05, 0.1) is 11.4 Å². The van der Waals surface area contributed by atoms with Gasteiger partial charge in [0.1, 0.15) is 0 Å². The van der Waals surface area contributed by atoms with Gasteiger partial charge in [-0.1, -0.05) is 18.2 Å². The van der Waals surface area contributed by atoms with Crippen molar-refractivity contribution >= 4 is 5.91 Å². The van der Waals surface area contributed by atoms with Crippen LogP contribution in [0.1, 0.15) is 68.8 Å². The molecule has 4 aliphatic carbocycles. The van der Waals surface area contributed by atoms with Crippen LogP contribution in [0.15, 0.2) is 30.3 Å². The Hall–Kier alpha value is -2.10. The van der Waals surface area contributed by atoms with E-state index in [0.717, 1.165) is 41.2 Å². The highest BCUT2D eigenvalue weighted by Crippen LogP contribution is 2.61. The fourth-order valence-electron chi connectivity index (χ4n) is 7.27. The van der Waals surface area contributed by atoms with E-state index in [9.17, 15) is 4.79 Å². The number of benzene rings is 1. The topological polar surface area (TPSA) is 46.9 Å². The van der Waals surface area contributed by atoms with E-state index in [0.29, 0.717) is 17.9 Å². The van der Waals surface area contributed by atoms with Crippen molar-refractivity contribution in [3.8, 4) is 5.69 Å². The Kier molecular flexibility index (Phi) is 4.99. The average molecular weight is 406 g/mol. The molecule has 1 atom stereocenters. The molecule has 0 aliphatic heterocycles. The van der Waals surface area contributed by atoms with Crippen LogP contribution in [0.2, 0.25) is 0 Å². The third-order valence-corrected chi connectivity index (χ3v) is 8.43. The highest BCUT2D eigenvalue weighted by molar-refractivity contribution is 5.76. The zero-order chi connectivity index (χ0) is 20.9. The summed E-state index contributed by atoms with van der Waals surface area (Å²) in [5, 5.41) is 8.15. The summed E-state index contributed by atoms with van der Waals surface area (Å²) in [4.78, 5) is 12.9. The van der Waals surface area contributed by atoms with E-state index >= 15 is 0 Å². The number of aryl methyl sites for hydroxylation is 1. The number of nitrogens with zero attached hydrogens (tertiary/aromatic N) is 2. The normalized spacial score (nSPS) is 30.4. The summed E-state index contributed by atoms with van der Waals surface area (Å²) in [6.45, 7) is 6.44. The lowest BCUT2D eigenvalue weighted by Gasteiger charge is -2.59. The van der Waals surface area contributed by atoms with Crippen molar-refractivity contribution in [1.82, 2.24) is 15.1 Å². The first kappa shape index (κ1) is 19.8. The highest BCUT2D eigenvalue weighted by Gasteiger charge is 2.53. The van der Waals surface area contributed by atoms with Gasteiger partial charge in [0.15, 0.2) is 0 Å². The van der Waals surface area contributed by atoms with Crippen LogP contribution in [0.5, 0.6) is 0 Å². The third kappa shape index (κ3) is 3.48. The molecule has 0 spiro atoms. The van der Waals surface area contributed by atoms with Gasteiger partial charge < -0.3 is 5.32 Å². The van der Waals surface area contributed by atoms with E-state index in [-0.39, 0.29) is 5.91 Å². The number of carbonyl (C=O) groups excluding carboxylic acids is 1.